The second kappa shape index (κ2) is 6.99. The molecule has 1 aromatic carbocycles. The molecule has 100 valence electrons. The second-order valence-corrected chi connectivity index (χ2v) is 5.25. The lowest BCUT2D eigenvalue weighted by Gasteiger charge is -2.15. The van der Waals surface area contributed by atoms with Gasteiger partial charge in [-0.3, -0.25) is 4.79 Å². The van der Waals surface area contributed by atoms with Crippen molar-refractivity contribution in [3.8, 4) is 0 Å². The van der Waals surface area contributed by atoms with Crippen LogP contribution in [-0.4, -0.2) is 33.6 Å². The van der Waals surface area contributed by atoms with Crippen molar-refractivity contribution in [2.24, 2.45) is 0 Å². The Hall–Kier alpha value is -1.75. The average Bonchev–Trinajstić information content (AvgIpc) is 2.92. The van der Waals surface area contributed by atoms with Crippen LogP contribution in [-0.2, 0) is 17.1 Å². The summed E-state index contributed by atoms with van der Waals surface area (Å²) in [5.41, 5.74) is 1.24. The van der Waals surface area contributed by atoms with Gasteiger partial charge in [0.25, 0.3) is 0 Å². The van der Waals surface area contributed by atoms with Gasteiger partial charge in [0, 0.05) is 25.2 Å². The molecule has 0 aliphatic rings. The van der Waals surface area contributed by atoms with Gasteiger partial charge in [-0.2, -0.15) is 0 Å². The Labute approximate surface area is 117 Å². The Morgan fingerprint density at radius 3 is 2.84 bits per heavy atom. The van der Waals surface area contributed by atoms with Crippen LogP contribution in [0.3, 0.4) is 0 Å². The van der Waals surface area contributed by atoms with Gasteiger partial charge < -0.3 is 9.88 Å². The smallest absolute Gasteiger partial charge is 0.232 e. The third-order valence-electron chi connectivity index (χ3n) is 2.70. The van der Waals surface area contributed by atoms with Gasteiger partial charge in [0.05, 0.1) is 12.3 Å². The molecule has 0 unspecified atom stereocenters. The molecule has 1 amide bonds. The summed E-state index contributed by atoms with van der Waals surface area (Å²) in [5.74, 6) is 2.29. The molecule has 0 bridgehead atoms. The molecule has 0 aliphatic carbocycles. The average molecular weight is 275 g/mol. The van der Waals surface area contributed by atoms with E-state index < -0.39 is 0 Å². The minimum absolute atomic E-state index is 0.123. The number of hydrogen-bond acceptors (Lipinski definition) is 3. The molecule has 0 aliphatic heterocycles. The third-order valence-corrected chi connectivity index (χ3v) is 3.69. The highest BCUT2D eigenvalue weighted by molar-refractivity contribution is 7.99. The molecule has 4 nitrogen and oxygen atoms in total. The highest BCUT2D eigenvalue weighted by atomic mass is 32.2. The molecule has 0 spiro atoms. The molecule has 1 aromatic heterocycles. The van der Waals surface area contributed by atoms with E-state index in [2.05, 4.69) is 22.1 Å². The summed E-state index contributed by atoms with van der Waals surface area (Å²) in [6.45, 7) is 0.526. The van der Waals surface area contributed by atoms with Crippen LogP contribution in [0.25, 0.3) is 0 Å². The first kappa shape index (κ1) is 13.7. The molecule has 5 heteroatoms. The van der Waals surface area contributed by atoms with Crippen molar-refractivity contribution in [3.05, 3.63) is 54.1 Å². The number of carbonyl (C=O) groups excluding carboxylic acids is 1. The normalized spacial score (nSPS) is 10.4. The first-order valence-corrected chi connectivity index (χ1v) is 7.25. The fraction of sp³-hybridized carbons (Fsp3) is 0.286. The zero-order valence-corrected chi connectivity index (χ0v) is 11.7. The number of rotatable bonds is 6. The number of imidazole rings is 1. The molecule has 0 saturated carbocycles. The number of thioether (sulfide) groups is 1. The number of aromatic nitrogens is 2. The van der Waals surface area contributed by atoms with Crippen molar-refractivity contribution in [2.75, 3.05) is 12.8 Å². The SMILES string of the molecule is CN(Cc1ncc[nH]1)C(=O)CSCc1ccccc1. The maximum absolute atomic E-state index is 11.9. The van der Waals surface area contributed by atoms with Crippen molar-refractivity contribution in [1.82, 2.24) is 14.9 Å². The minimum atomic E-state index is 0.123. The standard InChI is InChI=1S/C14H17N3OS/c1-17(9-13-15-7-8-16-13)14(18)11-19-10-12-5-3-2-4-6-12/h2-8H,9-11H2,1H3,(H,15,16). The number of nitrogens with one attached hydrogen (secondary N) is 1. The quantitative estimate of drug-likeness (QED) is 0.880. The monoisotopic (exact) mass is 275 g/mol. The van der Waals surface area contributed by atoms with Crippen molar-refractivity contribution in [2.45, 2.75) is 12.3 Å². The van der Waals surface area contributed by atoms with Crippen molar-refractivity contribution < 1.29 is 4.79 Å². The first-order chi connectivity index (χ1) is 9.25. The van der Waals surface area contributed by atoms with Gasteiger partial charge in [-0.05, 0) is 5.56 Å². The van der Waals surface area contributed by atoms with Crippen LogP contribution >= 0.6 is 11.8 Å². The number of benzene rings is 1. The molecule has 1 heterocycles. The molecular formula is C14H17N3OS. The highest BCUT2D eigenvalue weighted by Gasteiger charge is 2.10. The molecule has 19 heavy (non-hydrogen) atoms. The van der Waals surface area contributed by atoms with E-state index in [4.69, 9.17) is 0 Å². The lowest BCUT2D eigenvalue weighted by Crippen LogP contribution is -2.28. The number of aromatic amines is 1. The van der Waals surface area contributed by atoms with Gasteiger partial charge in [0.15, 0.2) is 0 Å². The molecule has 1 N–H and O–H groups in total. The number of amides is 1. The van der Waals surface area contributed by atoms with Crippen LogP contribution in [0.2, 0.25) is 0 Å². The predicted molar refractivity (Wildman–Crippen MR) is 77.7 cm³/mol. The molecule has 2 aromatic rings. The first-order valence-electron chi connectivity index (χ1n) is 6.09. The van der Waals surface area contributed by atoms with Crippen molar-refractivity contribution in [1.29, 1.82) is 0 Å². The highest BCUT2D eigenvalue weighted by Crippen LogP contribution is 2.12. The molecule has 0 fully saturated rings. The predicted octanol–water partition coefficient (Wildman–Crippen LogP) is 2.30. The summed E-state index contributed by atoms with van der Waals surface area (Å²) in [7, 11) is 1.80. The van der Waals surface area contributed by atoms with Crippen LogP contribution in [0.4, 0.5) is 0 Å². The fourth-order valence-corrected chi connectivity index (χ4v) is 2.56. The Kier molecular flexibility index (Phi) is 5.03. The Morgan fingerprint density at radius 2 is 2.16 bits per heavy atom. The Bertz CT molecular complexity index is 499. The van der Waals surface area contributed by atoms with E-state index in [0.29, 0.717) is 12.3 Å². The van der Waals surface area contributed by atoms with Gasteiger partial charge in [-0.25, -0.2) is 4.98 Å². The Morgan fingerprint density at radius 1 is 1.37 bits per heavy atom. The van der Waals surface area contributed by atoms with E-state index in [-0.39, 0.29) is 5.91 Å². The molecule has 2 rings (SSSR count). The number of H-pyrrole nitrogens is 1. The van der Waals surface area contributed by atoms with Crippen LogP contribution < -0.4 is 0 Å². The maximum atomic E-state index is 11.9. The fourth-order valence-electron chi connectivity index (χ4n) is 1.64. The Balaban J connectivity index is 1.72. The summed E-state index contributed by atoms with van der Waals surface area (Å²) in [4.78, 5) is 20.7. The molecule has 0 saturated heterocycles. The van der Waals surface area contributed by atoms with E-state index in [0.717, 1.165) is 11.6 Å². The van der Waals surface area contributed by atoms with Crippen LogP contribution in [0, 0.1) is 0 Å². The molecular weight excluding hydrogens is 258 g/mol. The van der Waals surface area contributed by atoms with E-state index in [1.807, 2.05) is 18.2 Å². The summed E-state index contributed by atoms with van der Waals surface area (Å²) in [6.07, 6.45) is 3.45. The van der Waals surface area contributed by atoms with E-state index in [1.54, 1.807) is 36.1 Å². The summed E-state index contributed by atoms with van der Waals surface area (Å²) in [6, 6.07) is 10.2. The van der Waals surface area contributed by atoms with E-state index in [9.17, 15) is 4.79 Å². The third kappa shape index (κ3) is 4.44. The zero-order valence-electron chi connectivity index (χ0n) is 10.9. The van der Waals surface area contributed by atoms with Gasteiger partial charge in [-0.15, -0.1) is 11.8 Å². The lowest BCUT2D eigenvalue weighted by atomic mass is 10.2. The lowest BCUT2D eigenvalue weighted by molar-refractivity contribution is -0.127. The van der Waals surface area contributed by atoms with E-state index in [1.165, 1.54) is 5.56 Å². The van der Waals surface area contributed by atoms with Gasteiger partial charge in [0.1, 0.15) is 5.82 Å². The van der Waals surface area contributed by atoms with E-state index >= 15 is 0 Å². The molecule has 0 radical (unpaired) electrons. The maximum Gasteiger partial charge on any atom is 0.232 e. The zero-order chi connectivity index (χ0) is 13.5. The summed E-state index contributed by atoms with van der Waals surface area (Å²) < 4.78 is 0. The largest absolute Gasteiger partial charge is 0.347 e. The van der Waals surface area contributed by atoms with Gasteiger partial charge in [-0.1, -0.05) is 30.3 Å². The number of nitrogens with zero attached hydrogens (tertiary/aromatic N) is 2. The van der Waals surface area contributed by atoms with Gasteiger partial charge >= 0.3 is 0 Å². The van der Waals surface area contributed by atoms with Crippen molar-refractivity contribution in [3.63, 3.8) is 0 Å². The molecule has 0 atom stereocenters. The van der Waals surface area contributed by atoms with Crippen LogP contribution in [0.15, 0.2) is 42.7 Å². The van der Waals surface area contributed by atoms with Crippen molar-refractivity contribution >= 4 is 17.7 Å². The second-order valence-electron chi connectivity index (χ2n) is 4.26. The van der Waals surface area contributed by atoms with Crippen LogP contribution in [0.5, 0.6) is 0 Å². The minimum Gasteiger partial charge on any atom is -0.347 e. The number of carbonyl (C=O) groups is 1. The number of hydrogen-bond donors (Lipinski definition) is 1. The van der Waals surface area contributed by atoms with Gasteiger partial charge in [0.2, 0.25) is 5.91 Å². The topological polar surface area (TPSA) is 49.0 Å². The summed E-state index contributed by atoms with van der Waals surface area (Å²) >= 11 is 1.63. The van der Waals surface area contributed by atoms with Crippen LogP contribution in [0.1, 0.15) is 11.4 Å². The summed E-state index contributed by atoms with van der Waals surface area (Å²) in [5, 5.41) is 0.